The van der Waals surface area contributed by atoms with E-state index in [1.54, 1.807) is 12.3 Å². The second kappa shape index (κ2) is 5.20. The molecule has 0 saturated heterocycles. The largest absolute Gasteiger partial charge is 0.273 e. The molecule has 3 nitrogen and oxygen atoms in total. The van der Waals surface area contributed by atoms with Gasteiger partial charge in [0, 0.05) is 6.20 Å². The van der Waals surface area contributed by atoms with Crippen LogP contribution in [0.4, 0.5) is 0 Å². The van der Waals surface area contributed by atoms with E-state index in [4.69, 9.17) is 0 Å². The molecule has 0 N–H and O–H groups in total. The Morgan fingerprint density at radius 1 is 1.29 bits per heavy atom. The van der Waals surface area contributed by atoms with E-state index in [-0.39, 0.29) is 5.75 Å². The quantitative estimate of drug-likeness (QED) is 0.657. The number of hydrogen-bond donors (Lipinski definition) is 0. The topological polar surface area (TPSA) is 37.4 Å². The number of allylic oxidation sites excluding steroid dienone is 2. The summed E-state index contributed by atoms with van der Waals surface area (Å²) in [6.45, 7) is 2.54. The third-order valence-corrected chi connectivity index (χ3v) is 3.94. The number of sulfonamides is 1. The molecule has 0 aliphatic carbocycles. The number of unbranched alkanes of at least 4 members (excludes halogenated alkanes) is 2. The van der Waals surface area contributed by atoms with Gasteiger partial charge in [-0.3, -0.25) is 4.31 Å². The highest BCUT2D eigenvalue weighted by molar-refractivity contribution is 7.89. The van der Waals surface area contributed by atoms with Gasteiger partial charge in [0.2, 0.25) is 10.0 Å². The van der Waals surface area contributed by atoms with E-state index in [2.05, 4.69) is 6.92 Å². The van der Waals surface area contributed by atoms with Gasteiger partial charge in [-0.05, 0) is 12.5 Å². The second-order valence-corrected chi connectivity index (χ2v) is 5.40. The number of hydrogen-bond acceptors (Lipinski definition) is 2. The molecule has 80 valence electrons. The van der Waals surface area contributed by atoms with Crippen molar-refractivity contribution in [1.29, 1.82) is 0 Å². The van der Waals surface area contributed by atoms with E-state index < -0.39 is 10.0 Å². The van der Waals surface area contributed by atoms with Crippen LogP contribution in [0, 0.1) is 0 Å². The standard InChI is InChI=1S/C10H17NO2S/c1-2-3-7-10-14(12,13)11-8-5-4-6-9-11/h4-6,8H,2-3,7,9-10H2,1H3. The van der Waals surface area contributed by atoms with Gasteiger partial charge in [0.25, 0.3) is 0 Å². The fourth-order valence-corrected chi connectivity index (χ4v) is 2.68. The average molecular weight is 215 g/mol. The Labute approximate surface area is 86.2 Å². The maximum Gasteiger partial charge on any atom is 0.234 e. The van der Waals surface area contributed by atoms with Crippen molar-refractivity contribution in [2.24, 2.45) is 0 Å². The lowest BCUT2D eigenvalue weighted by molar-refractivity contribution is 0.517. The van der Waals surface area contributed by atoms with Gasteiger partial charge in [0.05, 0.1) is 12.3 Å². The Kier molecular flexibility index (Phi) is 4.20. The van der Waals surface area contributed by atoms with Crippen LogP contribution in [0.5, 0.6) is 0 Å². The molecule has 1 rings (SSSR count). The van der Waals surface area contributed by atoms with Crippen LogP contribution in [-0.4, -0.2) is 25.0 Å². The summed E-state index contributed by atoms with van der Waals surface area (Å²) >= 11 is 0. The van der Waals surface area contributed by atoms with Crippen molar-refractivity contribution in [3.05, 3.63) is 24.4 Å². The predicted octanol–water partition coefficient (Wildman–Crippen LogP) is 1.89. The van der Waals surface area contributed by atoms with Crippen molar-refractivity contribution in [3.8, 4) is 0 Å². The second-order valence-electron chi connectivity index (χ2n) is 3.36. The summed E-state index contributed by atoms with van der Waals surface area (Å²) in [5.74, 6) is 0.263. The van der Waals surface area contributed by atoms with Crippen molar-refractivity contribution in [1.82, 2.24) is 4.31 Å². The van der Waals surface area contributed by atoms with Gasteiger partial charge in [-0.25, -0.2) is 8.42 Å². The normalized spacial score (nSPS) is 16.2. The highest BCUT2D eigenvalue weighted by Crippen LogP contribution is 2.09. The molecule has 0 atom stereocenters. The molecular formula is C10H17NO2S. The summed E-state index contributed by atoms with van der Waals surface area (Å²) in [4.78, 5) is 0. The third kappa shape index (κ3) is 3.18. The van der Waals surface area contributed by atoms with Crippen LogP contribution in [0.2, 0.25) is 0 Å². The first-order valence-corrected chi connectivity index (χ1v) is 6.60. The molecule has 1 aliphatic rings. The summed E-state index contributed by atoms with van der Waals surface area (Å²) in [6.07, 6.45) is 9.86. The number of nitrogens with zero attached hydrogens (tertiary/aromatic N) is 1. The van der Waals surface area contributed by atoms with Gasteiger partial charge in [-0.2, -0.15) is 0 Å². The van der Waals surface area contributed by atoms with Gasteiger partial charge in [-0.1, -0.05) is 31.9 Å². The van der Waals surface area contributed by atoms with Crippen LogP contribution < -0.4 is 0 Å². The highest BCUT2D eigenvalue weighted by Gasteiger charge is 2.17. The van der Waals surface area contributed by atoms with Crippen molar-refractivity contribution in [2.45, 2.75) is 26.2 Å². The Balaban J connectivity index is 2.48. The van der Waals surface area contributed by atoms with Crippen LogP contribution in [0.25, 0.3) is 0 Å². The number of rotatable bonds is 5. The van der Waals surface area contributed by atoms with Crippen molar-refractivity contribution >= 4 is 10.0 Å². The summed E-state index contributed by atoms with van der Waals surface area (Å²) in [5, 5.41) is 0. The molecule has 0 amide bonds. The van der Waals surface area contributed by atoms with E-state index >= 15 is 0 Å². The molecule has 0 radical (unpaired) electrons. The Morgan fingerprint density at radius 3 is 2.64 bits per heavy atom. The lowest BCUT2D eigenvalue weighted by atomic mass is 10.3. The van der Waals surface area contributed by atoms with Crippen LogP contribution in [0.1, 0.15) is 26.2 Å². The molecule has 0 fully saturated rings. The van der Waals surface area contributed by atoms with Crippen molar-refractivity contribution < 1.29 is 8.42 Å². The van der Waals surface area contributed by atoms with Gasteiger partial charge in [0.15, 0.2) is 0 Å². The minimum absolute atomic E-state index is 0.263. The van der Waals surface area contributed by atoms with Crippen LogP contribution >= 0.6 is 0 Å². The maximum absolute atomic E-state index is 11.7. The third-order valence-electron chi connectivity index (χ3n) is 2.15. The zero-order chi connectivity index (χ0) is 10.4. The molecule has 1 heterocycles. The van der Waals surface area contributed by atoms with Gasteiger partial charge < -0.3 is 0 Å². The van der Waals surface area contributed by atoms with E-state index in [9.17, 15) is 8.42 Å². The van der Waals surface area contributed by atoms with E-state index in [1.807, 2.05) is 12.2 Å². The first kappa shape index (κ1) is 11.3. The van der Waals surface area contributed by atoms with Gasteiger partial charge in [-0.15, -0.1) is 0 Å². The monoisotopic (exact) mass is 215 g/mol. The fourth-order valence-electron chi connectivity index (χ4n) is 1.31. The molecule has 4 heteroatoms. The molecule has 0 unspecified atom stereocenters. The van der Waals surface area contributed by atoms with Crippen LogP contribution in [-0.2, 0) is 10.0 Å². The molecule has 0 aromatic rings. The lowest BCUT2D eigenvalue weighted by Gasteiger charge is -2.20. The molecule has 14 heavy (non-hydrogen) atoms. The summed E-state index contributed by atoms with van der Waals surface area (Å²) in [6, 6.07) is 0. The Bertz CT molecular complexity index is 317. The van der Waals surface area contributed by atoms with E-state index in [1.165, 1.54) is 4.31 Å². The molecule has 0 aromatic carbocycles. The maximum atomic E-state index is 11.7. The summed E-state index contributed by atoms with van der Waals surface area (Å²) in [7, 11) is -3.06. The average Bonchev–Trinajstić information content (AvgIpc) is 2.19. The van der Waals surface area contributed by atoms with Crippen LogP contribution in [0.15, 0.2) is 24.4 Å². The van der Waals surface area contributed by atoms with Gasteiger partial charge in [0.1, 0.15) is 0 Å². The van der Waals surface area contributed by atoms with Crippen molar-refractivity contribution in [3.63, 3.8) is 0 Å². The first-order valence-electron chi connectivity index (χ1n) is 4.99. The van der Waals surface area contributed by atoms with Crippen LogP contribution in [0.3, 0.4) is 0 Å². The van der Waals surface area contributed by atoms with Crippen molar-refractivity contribution in [2.75, 3.05) is 12.3 Å². The fraction of sp³-hybridized carbons (Fsp3) is 0.600. The summed E-state index contributed by atoms with van der Waals surface area (Å²) in [5.41, 5.74) is 0. The smallest absolute Gasteiger partial charge is 0.234 e. The van der Waals surface area contributed by atoms with E-state index in [0.29, 0.717) is 6.54 Å². The highest BCUT2D eigenvalue weighted by atomic mass is 32.2. The first-order chi connectivity index (χ1) is 6.67. The molecule has 0 aromatic heterocycles. The Morgan fingerprint density at radius 2 is 2.07 bits per heavy atom. The molecule has 0 bridgehead atoms. The zero-order valence-electron chi connectivity index (χ0n) is 8.52. The van der Waals surface area contributed by atoms with E-state index in [0.717, 1.165) is 19.3 Å². The SMILES string of the molecule is CCCCCS(=O)(=O)N1C=CC=CC1. The zero-order valence-corrected chi connectivity index (χ0v) is 9.33. The molecule has 0 spiro atoms. The van der Waals surface area contributed by atoms with Gasteiger partial charge >= 0.3 is 0 Å². The minimum atomic E-state index is -3.06. The Hall–Kier alpha value is -0.770. The molecular weight excluding hydrogens is 198 g/mol. The summed E-state index contributed by atoms with van der Waals surface area (Å²) < 4.78 is 24.8. The minimum Gasteiger partial charge on any atom is -0.273 e. The lowest BCUT2D eigenvalue weighted by Crippen LogP contribution is -2.29. The predicted molar refractivity (Wildman–Crippen MR) is 58.3 cm³/mol. The molecule has 0 saturated carbocycles. The molecule has 1 aliphatic heterocycles.